The van der Waals surface area contributed by atoms with Crippen LogP contribution < -0.4 is 14.8 Å². The molecule has 1 N–H and O–H groups in total. The van der Waals surface area contributed by atoms with Gasteiger partial charge in [0.05, 0.1) is 7.11 Å². The van der Waals surface area contributed by atoms with E-state index < -0.39 is 0 Å². The minimum absolute atomic E-state index is 0.0758. The van der Waals surface area contributed by atoms with Gasteiger partial charge in [-0.05, 0) is 43.9 Å². The predicted molar refractivity (Wildman–Crippen MR) is 84.2 cm³/mol. The Hall–Kier alpha value is -1.75. The van der Waals surface area contributed by atoms with Gasteiger partial charge in [0.2, 0.25) is 0 Å². The lowest BCUT2D eigenvalue weighted by molar-refractivity contribution is -0.135. The van der Waals surface area contributed by atoms with Crippen molar-refractivity contribution in [2.75, 3.05) is 33.4 Å². The molecule has 120 valence electrons. The molecule has 22 heavy (non-hydrogen) atoms. The van der Waals surface area contributed by atoms with Crippen LogP contribution in [0.25, 0.3) is 0 Å². The van der Waals surface area contributed by atoms with E-state index in [0.29, 0.717) is 17.7 Å². The number of hydrogen-bond acceptors (Lipinski definition) is 4. The second kappa shape index (κ2) is 7.01. The van der Waals surface area contributed by atoms with Gasteiger partial charge in [-0.25, -0.2) is 0 Å². The Morgan fingerprint density at radius 2 is 2.23 bits per heavy atom. The molecule has 3 rings (SSSR count). The molecule has 2 aliphatic heterocycles. The Morgan fingerprint density at radius 3 is 3.09 bits per heavy atom. The lowest BCUT2D eigenvalue weighted by atomic mass is 9.85. The first-order chi connectivity index (χ1) is 10.8. The number of rotatable bonds is 4. The highest BCUT2D eigenvalue weighted by Gasteiger charge is 2.32. The quantitative estimate of drug-likeness (QED) is 0.919. The summed E-state index contributed by atoms with van der Waals surface area (Å²) in [5.74, 6) is 2.08. The maximum atomic E-state index is 12.3. The van der Waals surface area contributed by atoms with E-state index in [1.807, 2.05) is 23.1 Å². The van der Waals surface area contributed by atoms with Crippen molar-refractivity contribution in [3.8, 4) is 11.5 Å². The molecule has 0 radical (unpaired) electrons. The number of ether oxygens (including phenoxy) is 2. The molecule has 5 heteroatoms. The molecule has 1 amide bonds. The Bertz CT molecular complexity index is 520. The van der Waals surface area contributed by atoms with Crippen molar-refractivity contribution in [1.82, 2.24) is 10.2 Å². The molecule has 1 aromatic rings. The summed E-state index contributed by atoms with van der Waals surface area (Å²) in [6.07, 6.45) is 3.48. The second-order valence-electron chi connectivity index (χ2n) is 6.06. The number of carbonyl (C=O) groups is 1. The van der Waals surface area contributed by atoms with Gasteiger partial charge in [0.15, 0.2) is 6.61 Å². The molecule has 0 bridgehead atoms. The molecular weight excluding hydrogens is 280 g/mol. The Kier molecular flexibility index (Phi) is 4.83. The van der Waals surface area contributed by atoms with Gasteiger partial charge in [0.1, 0.15) is 11.5 Å². The lowest BCUT2D eigenvalue weighted by Gasteiger charge is -2.41. The van der Waals surface area contributed by atoms with E-state index in [0.717, 1.165) is 31.8 Å². The van der Waals surface area contributed by atoms with Crippen LogP contribution in [0, 0.1) is 5.92 Å². The third kappa shape index (κ3) is 3.53. The number of fused-ring (bicyclic) bond motifs is 1. The van der Waals surface area contributed by atoms with Crippen LogP contribution in [0.1, 0.15) is 19.3 Å². The largest absolute Gasteiger partial charge is 0.497 e. The summed E-state index contributed by atoms with van der Waals surface area (Å²) in [5, 5.41) is 3.57. The number of carbonyl (C=O) groups excluding carboxylic acids is 1. The van der Waals surface area contributed by atoms with Crippen molar-refractivity contribution in [2.24, 2.45) is 5.92 Å². The molecular formula is C17H24N2O3. The van der Waals surface area contributed by atoms with E-state index >= 15 is 0 Å². The average molecular weight is 304 g/mol. The minimum Gasteiger partial charge on any atom is -0.497 e. The number of amides is 1. The van der Waals surface area contributed by atoms with Crippen molar-refractivity contribution in [2.45, 2.75) is 25.3 Å². The average Bonchev–Trinajstić information content (AvgIpc) is 2.59. The summed E-state index contributed by atoms with van der Waals surface area (Å²) >= 11 is 0. The van der Waals surface area contributed by atoms with Crippen LogP contribution in [-0.4, -0.2) is 50.2 Å². The zero-order chi connectivity index (χ0) is 15.4. The Morgan fingerprint density at radius 1 is 1.36 bits per heavy atom. The van der Waals surface area contributed by atoms with E-state index in [4.69, 9.17) is 9.47 Å². The van der Waals surface area contributed by atoms with Gasteiger partial charge in [0, 0.05) is 25.2 Å². The maximum Gasteiger partial charge on any atom is 0.260 e. The highest BCUT2D eigenvalue weighted by Crippen LogP contribution is 2.25. The Balaban J connectivity index is 1.51. The van der Waals surface area contributed by atoms with E-state index in [1.165, 1.54) is 12.8 Å². The van der Waals surface area contributed by atoms with E-state index in [2.05, 4.69) is 5.32 Å². The smallest absolute Gasteiger partial charge is 0.260 e. The van der Waals surface area contributed by atoms with E-state index in [-0.39, 0.29) is 12.5 Å². The number of hydrogen-bond donors (Lipinski definition) is 1. The van der Waals surface area contributed by atoms with E-state index in [9.17, 15) is 4.79 Å². The molecule has 0 aromatic heterocycles. The molecule has 5 nitrogen and oxygen atoms in total. The summed E-state index contributed by atoms with van der Waals surface area (Å²) in [5.41, 5.74) is 0. The van der Waals surface area contributed by atoms with Gasteiger partial charge in [-0.2, -0.15) is 0 Å². The third-order valence-electron chi connectivity index (χ3n) is 4.65. The highest BCUT2D eigenvalue weighted by molar-refractivity contribution is 5.78. The van der Waals surface area contributed by atoms with Crippen LogP contribution in [0.2, 0.25) is 0 Å². The SMILES string of the molecule is COc1cccc(OCC(=O)N2CC[C@@H]3NCCC[C@@H]3C2)c1. The minimum atomic E-state index is 0.0758. The van der Waals surface area contributed by atoms with Crippen molar-refractivity contribution >= 4 is 5.91 Å². The highest BCUT2D eigenvalue weighted by atomic mass is 16.5. The fraction of sp³-hybridized carbons (Fsp3) is 0.588. The molecule has 2 saturated heterocycles. The van der Waals surface area contributed by atoms with Crippen LogP contribution in [0.4, 0.5) is 0 Å². The third-order valence-corrected chi connectivity index (χ3v) is 4.65. The summed E-state index contributed by atoms with van der Waals surface area (Å²) < 4.78 is 10.8. The van der Waals surface area contributed by atoms with Crippen molar-refractivity contribution in [3.05, 3.63) is 24.3 Å². The van der Waals surface area contributed by atoms with Gasteiger partial charge in [-0.3, -0.25) is 4.79 Å². The molecule has 0 unspecified atom stereocenters. The zero-order valence-corrected chi connectivity index (χ0v) is 13.1. The lowest BCUT2D eigenvalue weighted by Crippen LogP contribution is -2.54. The fourth-order valence-electron chi connectivity index (χ4n) is 3.40. The molecule has 0 aliphatic carbocycles. The van der Waals surface area contributed by atoms with Gasteiger partial charge < -0.3 is 19.7 Å². The first kappa shape index (κ1) is 15.2. The second-order valence-corrected chi connectivity index (χ2v) is 6.06. The number of benzene rings is 1. The Labute approximate surface area is 131 Å². The molecule has 2 fully saturated rings. The topological polar surface area (TPSA) is 50.8 Å². The van der Waals surface area contributed by atoms with Gasteiger partial charge >= 0.3 is 0 Å². The number of nitrogens with zero attached hydrogens (tertiary/aromatic N) is 1. The molecule has 0 saturated carbocycles. The van der Waals surface area contributed by atoms with Crippen molar-refractivity contribution in [1.29, 1.82) is 0 Å². The molecule has 2 heterocycles. The van der Waals surface area contributed by atoms with Crippen LogP contribution in [0.3, 0.4) is 0 Å². The molecule has 0 spiro atoms. The summed E-state index contributed by atoms with van der Waals surface area (Å²) in [6.45, 7) is 2.90. The monoisotopic (exact) mass is 304 g/mol. The van der Waals surface area contributed by atoms with Crippen molar-refractivity contribution < 1.29 is 14.3 Å². The first-order valence-electron chi connectivity index (χ1n) is 8.04. The van der Waals surface area contributed by atoms with Crippen molar-refractivity contribution in [3.63, 3.8) is 0 Å². The van der Waals surface area contributed by atoms with Crippen LogP contribution in [0.5, 0.6) is 11.5 Å². The van der Waals surface area contributed by atoms with Gasteiger partial charge in [0.25, 0.3) is 5.91 Å². The predicted octanol–water partition coefficient (Wildman–Crippen LogP) is 1.67. The normalized spacial score (nSPS) is 24.5. The van der Waals surface area contributed by atoms with Crippen LogP contribution in [-0.2, 0) is 4.79 Å². The summed E-state index contributed by atoms with van der Waals surface area (Å²) in [7, 11) is 1.62. The first-order valence-corrected chi connectivity index (χ1v) is 8.04. The molecule has 2 aliphatic rings. The standard InChI is InChI=1S/C17H24N2O3/c1-21-14-5-2-6-15(10-14)22-12-17(20)19-9-7-16-13(11-19)4-3-8-18-16/h2,5-6,10,13,16,18H,3-4,7-9,11-12H2,1H3/t13-,16+/m1/s1. The van der Waals surface area contributed by atoms with Gasteiger partial charge in [-0.1, -0.05) is 6.07 Å². The van der Waals surface area contributed by atoms with Gasteiger partial charge in [-0.15, -0.1) is 0 Å². The maximum absolute atomic E-state index is 12.3. The fourth-order valence-corrected chi connectivity index (χ4v) is 3.40. The van der Waals surface area contributed by atoms with E-state index in [1.54, 1.807) is 13.2 Å². The molecule has 2 atom stereocenters. The molecule has 1 aromatic carbocycles. The summed E-state index contributed by atoms with van der Waals surface area (Å²) in [6, 6.07) is 7.95. The summed E-state index contributed by atoms with van der Waals surface area (Å²) in [4.78, 5) is 14.3. The number of nitrogens with one attached hydrogen (secondary N) is 1. The number of methoxy groups -OCH3 is 1. The zero-order valence-electron chi connectivity index (χ0n) is 13.1. The van der Waals surface area contributed by atoms with Crippen LogP contribution in [0.15, 0.2) is 24.3 Å². The van der Waals surface area contributed by atoms with Crippen LogP contribution >= 0.6 is 0 Å². The number of piperidine rings is 2. The number of likely N-dealkylation sites (tertiary alicyclic amines) is 1.